The lowest BCUT2D eigenvalue weighted by Gasteiger charge is -2.28. The first-order chi connectivity index (χ1) is 15.7. The van der Waals surface area contributed by atoms with E-state index >= 15 is 0 Å². The summed E-state index contributed by atoms with van der Waals surface area (Å²) in [6, 6.07) is 0. The number of thiol groups is 1. The Morgan fingerprint density at radius 1 is 0.970 bits per heavy atom. The Morgan fingerprint density at radius 3 is 2.18 bits per heavy atom. The van der Waals surface area contributed by atoms with E-state index < -0.39 is 23.4 Å². The number of rotatable bonds is 18. The average molecular weight is 485 g/mol. The van der Waals surface area contributed by atoms with Crippen LogP contribution < -0.4 is 10.6 Å². The third-order valence-electron chi connectivity index (χ3n) is 5.24. The minimum atomic E-state index is -1.39. The molecule has 0 aromatic rings. The van der Waals surface area contributed by atoms with Gasteiger partial charge in [0.2, 0.25) is 11.8 Å². The number of amides is 2. The minimum absolute atomic E-state index is 0.106. The number of ether oxygens (including phenoxy) is 1. The Morgan fingerprint density at radius 2 is 1.58 bits per heavy atom. The van der Waals surface area contributed by atoms with Gasteiger partial charge in [0.15, 0.2) is 0 Å². The molecule has 8 heteroatoms. The largest absolute Gasteiger partial charge is 0.455 e. The second kappa shape index (κ2) is 19.7. The number of carbonyl (C=O) groups is 3. The molecular formula is C25H44N2O5S. The van der Waals surface area contributed by atoms with Crippen LogP contribution in [0.2, 0.25) is 0 Å². The minimum Gasteiger partial charge on any atom is -0.455 e. The van der Waals surface area contributed by atoms with Crippen LogP contribution in [-0.2, 0) is 19.1 Å². The Kier molecular flexibility index (Phi) is 18.7. The van der Waals surface area contributed by atoms with Crippen molar-refractivity contribution in [2.45, 2.75) is 97.5 Å². The van der Waals surface area contributed by atoms with Crippen molar-refractivity contribution in [3.63, 3.8) is 0 Å². The summed E-state index contributed by atoms with van der Waals surface area (Å²) in [4.78, 5) is 35.5. The zero-order valence-corrected chi connectivity index (χ0v) is 21.6. The number of carbonyl (C=O) groups excluding carboxylic acids is 3. The molecule has 3 N–H and O–H groups in total. The fourth-order valence-electron chi connectivity index (χ4n) is 3.06. The van der Waals surface area contributed by atoms with Crippen LogP contribution in [0.1, 0.15) is 91.4 Å². The van der Waals surface area contributed by atoms with Crippen LogP contribution in [-0.4, -0.2) is 54.4 Å². The van der Waals surface area contributed by atoms with E-state index in [2.05, 4.69) is 42.0 Å². The van der Waals surface area contributed by atoms with Crippen LogP contribution in [0, 0.1) is 17.3 Å². The fourth-order valence-corrected chi connectivity index (χ4v) is 3.17. The highest BCUT2D eigenvalue weighted by Gasteiger charge is 2.34. The first-order valence-electron chi connectivity index (χ1n) is 12.2. The smallest absolute Gasteiger partial charge is 0.384 e. The van der Waals surface area contributed by atoms with E-state index in [9.17, 15) is 19.5 Å². The number of aliphatic hydroxyl groups is 1. The Hall–Kier alpha value is -1.72. The van der Waals surface area contributed by atoms with Crippen LogP contribution in [0.5, 0.6) is 0 Å². The molecule has 0 rings (SSSR count). The van der Waals surface area contributed by atoms with E-state index in [-0.39, 0.29) is 25.5 Å². The molecule has 0 aromatic carbocycles. The fraction of sp³-hybridized carbons (Fsp3) is 0.800. The molecule has 0 fully saturated rings. The van der Waals surface area contributed by atoms with Crippen molar-refractivity contribution in [3.05, 3.63) is 0 Å². The topological polar surface area (TPSA) is 105 Å². The monoisotopic (exact) mass is 484 g/mol. The van der Waals surface area contributed by atoms with Gasteiger partial charge in [-0.3, -0.25) is 9.59 Å². The number of nitrogens with one attached hydrogen (secondary N) is 2. The summed E-state index contributed by atoms with van der Waals surface area (Å²) in [5.41, 5.74) is -0.993. The lowest BCUT2D eigenvalue weighted by Crippen LogP contribution is -2.46. The molecule has 0 spiro atoms. The second-order valence-corrected chi connectivity index (χ2v) is 9.41. The molecule has 0 aliphatic carbocycles. The Bertz CT molecular complexity index is 628. The Balaban J connectivity index is 4.03. The summed E-state index contributed by atoms with van der Waals surface area (Å²) in [7, 11) is 0. The molecule has 0 radical (unpaired) electrons. The van der Waals surface area contributed by atoms with E-state index in [1.807, 2.05) is 0 Å². The van der Waals surface area contributed by atoms with Crippen molar-refractivity contribution < 1.29 is 24.2 Å². The molecule has 2 amide bonds. The van der Waals surface area contributed by atoms with E-state index in [4.69, 9.17) is 4.74 Å². The van der Waals surface area contributed by atoms with Crippen LogP contribution in [0.3, 0.4) is 0 Å². The third kappa shape index (κ3) is 17.4. The lowest BCUT2D eigenvalue weighted by molar-refractivity contribution is -0.148. The number of unbranched alkanes of at least 4 members (excludes halogenated alkanes) is 9. The highest BCUT2D eigenvalue weighted by Crippen LogP contribution is 2.21. The van der Waals surface area contributed by atoms with Crippen molar-refractivity contribution in [2.75, 3.05) is 25.4 Å². The van der Waals surface area contributed by atoms with E-state index in [0.717, 1.165) is 12.8 Å². The van der Waals surface area contributed by atoms with Gasteiger partial charge in [-0.25, -0.2) is 4.79 Å². The molecule has 0 heterocycles. The molecule has 190 valence electrons. The van der Waals surface area contributed by atoms with Gasteiger partial charge in [-0.1, -0.05) is 78.1 Å². The molecular weight excluding hydrogens is 440 g/mol. The standard InChI is InChI=1S/C25H44N2O5S/c1-4-5-6-7-8-9-10-11-12-13-14-15-22(29)32-20-25(2,3)23(30)24(31)27-17-16-21(28)26-18-19-33/h23,30,33H,4-13,16-20H2,1-3H3,(H,26,28)(H,27,31). The number of hydrogen-bond acceptors (Lipinski definition) is 6. The third-order valence-corrected chi connectivity index (χ3v) is 5.47. The van der Waals surface area contributed by atoms with E-state index in [1.54, 1.807) is 13.8 Å². The highest BCUT2D eigenvalue weighted by atomic mass is 32.1. The van der Waals surface area contributed by atoms with E-state index in [1.165, 1.54) is 44.9 Å². The summed E-state index contributed by atoms with van der Waals surface area (Å²) in [5, 5.41) is 15.5. The summed E-state index contributed by atoms with van der Waals surface area (Å²) < 4.78 is 5.13. The van der Waals surface area contributed by atoms with Gasteiger partial charge in [0, 0.05) is 43.0 Å². The predicted octanol–water partition coefficient (Wildman–Crippen LogP) is 3.39. The maximum atomic E-state index is 12.1. The zero-order valence-electron chi connectivity index (χ0n) is 20.7. The van der Waals surface area contributed by atoms with Crippen molar-refractivity contribution in [1.29, 1.82) is 0 Å². The molecule has 1 unspecified atom stereocenters. The van der Waals surface area contributed by atoms with Crippen molar-refractivity contribution in [2.24, 2.45) is 5.41 Å². The Labute approximate surface area is 205 Å². The predicted molar refractivity (Wildman–Crippen MR) is 135 cm³/mol. The summed E-state index contributed by atoms with van der Waals surface area (Å²) in [6.07, 6.45) is 10.5. The first-order valence-corrected chi connectivity index (χ1v) is 12.9. The van der Waals surface area contributed by atoms with Crippen molar-refractivity contribution >= 4 is 30.4 Å². The number of hydrogen-bond donors (Lipinski definition) is 4. The van der Waals surface area contributed by atoms with Gasteiger partial charge in [0.25, 0.3) is 0 Å². The van der Waals surface area contributed by atoms with Crippen LogP contribution >= 0.6 is 12.6 Å². The van der Waals surface area contributed by atoms with Gasteiger partial charge in [-0.05, 0) is 6.42 Å². The van der Waals surface area contributed by atoms with Crippen molar-refractivity contribution in [3.8, 4) is 11.8 Å². The molecule has 0 aliphatic heterocycles. The second-order valence-electron chi connectivity index (χ2n) is 8.96. The van der Waals surface area contributed by atoms with Crippen molar-refractivity contribution in [1.82, 2.24) is 10.6 Å². The van der Waals surface area contributed by atoms with Crippen LogP contribution in [0.4, 0.5) is 0 Å². The molecule has 0 saturated heterocycles. The van der Waals surface area contributed by atoms with Crippen LogP contribution in [0.25, 0.3) is 0 Å². The number of aliphatic hydroxyl groups excluding tert-OH is 1. The van der Waals surface area contributed by atoms with Gasteiger partial charge < -0.3 is 20.5 Å². The molecule has 7 nitrogen and oxygen atoms in total. The molecule has 1 atom stereocenters. The highest BCUT2D eigenvalue weighted by molar-refractivity contribution is 7.80. The molecule has 33 heavy (non-hydrogen) atoms. The zero-order chi connectivity index (χ0) is 25.0. The van der Waals surface area contributed by atoms with Gasteiger partial charge >= 0.3 is 5.97 Å². The van der Waals surface area contributed by atoms with Gasteiger partial charge in [0.1, 0.15) is 12.7 Å². The van der Waals surface area contributed by atoms with Gasteiger partial charge in [-0.15, -0.1) is 0 Å². The summed E-state index contributed by atoms with van der Waals surface area (Å²) in [6.45, 7) is 5.89. The quantitative estimate of drug-likeness (QED) is 0.0785. The van der Waals surface area contributed by atoms with Gasteiger partial charge in [-0.2, -0.15) is 12.6 Å². The maximum absolute atomic E-state index is 12.1. The molecule has 0 bridgehead atoms. The molecule has 0 saturated carbocycles. The molecule has 0 aromatic heterocycles. The van der Waals surface area contributed by atoms with E-state index in [0.29, 0.717) is 18.7 Å². The number of esters is 1. The van der Waals surface area contributed by atoms with Gasteiger partial charge in [0.05, 0.1) is 0 Å². The van der Waals surface area contributed by atoms with Crippen LogP contribution in [0.15, 0.2) is 0 Å². The lowest BCUT2D eigenvalue weighted by atomic mass is 9.87. The molecule has 0 aliphatic rings. The first kappa shape index (κ1) is 31.3. The maximum Gasteiger partial charge on any atom is 0.384 e. The SMILES string of the molecule is CCCCCCCCCCCC#CC(=O)OCC(C)(C)C(O)C(=O)NCCC(=O)NCCS. The average Bonchev–Trinajstić information content (AvgIpc) is 2.79. The summed E-state index contributed by atoms with van der Waals surface area (Å²) in [5.74, 6) is 4.36. The summed E-state index contributed by atoms with van der Waals surface area (Å²) >= 11 is 4.00. The normalized spacial score (nSPS) is 11.8.